The number of sulfonamides is 1. The molecule has 0 unspecified atom stereocenters. The summed E-state index contributed by atoms with van der Waals surface area (Å²) in [7, 11) is -0.995. The van der Waals surface area contributed by atoms with Crippen LogP contribution in [0, 0.1) is 5.41 Å². The second kappa shape index (κ2) is 11.5. The summed E-state index contributed by atoms with van der Waals surface area (Å²) >= 11 is 0. The maximum atomic E-state index is 13.8. The zero-order valence-corrected chi connectivity index (χ0v) is 21.7. The molecule has 0 bridgehead atoms. The van der Waals surface area contributed by atoms with Gasteiger partial charge in [0.2, 0.25) is 15.9 Å². The summed E-state index contributed by atoms with van der Waals surface area (Å²) in [5.74, 6) is 1.35. The van der Waals surface area contributed by atoms with Crippen LogP contribution in [-0.2, 0) is 19.6 Å². The van der Waals surface area contributed by atoms with Crippen LogP contribution in [-0.4, -0.2) is 83.7 Å². The fourth-order valence-electron chi connectivity index (χ4n) is 4.80. The molecule has 9 nitrogen and oxygen atoms in total. The van der Waals surface area contributed by atoms with Gasteiger partial charge in [-0.3, -0.25) is 4.79 Å². The molecule has 0 aromatic heterocycles. The third kappa shape index (κ3) is 5.93. The molecular formula is C26H34N2O7S. The van der Waals surface area contributed by atoms with Gasteiger partial charge in [-0.1, -0.05) is 18.2 Å². The van der Waals surface area contributed by atoms with Gasteiger partial charge >= 0.3 is 0 Å². The first kappa shape index (κ1) is 26.2. The Hall–Kier alpha value is -2.82. The van der Waals surface area contributed by atoms with E-state index in [9.17, 15) is 13.2 Å². The number of carbonyl (C=O) groups excluding carboxylic acids is 1. The number of para-hydroxylation sites is 1. The molecule has 2 saturated heterocycles. The third-order valence-corrected chi connectivity index (χ3v) is 8.66. The van der Waals surface area contributed by atoms with Gasteiger partial charge in [-0.05, 0) is 37.1 Å². The summed E-state index contributed by atoms with van der Waals surface area (Å²) in [6.45, 7) is 2.84. The molecule has 4 rings (SSSR count). The van der Waals surface area contributed by atoms with Crippen LogP contribution in [0.15, 0.2) is 53.4 Å². The van der Waals surface area contributed by atoms with Crippen molar-refractivity contribution in [2.45, 2.75) is 24.2 Å². The number of rotatable bonds is 9. The van der Waals surface area contributed by atoms with Crippen LogP contribution < -0.4 is 14.2 Å². The van der Waals surface area contributed by atoms with E-state index in [1.165, 1.54) is 24.6 Å². The largest absolute Gasteiger partial charge is 0.497 e. The molecule has 0 N–H and O–H groups in total. The van der Waals surface area contributed by atoms with Crippen LogP contribution in [0.5, 0.6) is 17.2 Å². The van der Waals surface area contributed by atoms with Crippen molar-refractivity contribution in [1.29, 1.82) is 0 Å². The molecule has 2 aromatic carbocycles. The Labute approximate surface area is 212 Å². The highest BCUT2D eigenvalue weighted by molar-refractivity contribution is 7.89. The van der Waals surface area contributed by atoms with E-state index in [1.807, 2.05) is 30.3 Å². The first-order chi connectivity index (χ1) is 17.4. The number of morpholine rings is 1. The first-order valence-corrected chi connectivity index (χ1v) is 13.6. The van der Waals surface area contributed by atoms with E-state index in [2.05, 4.69) is 0 Å². The zero-order chi connectivity index (χ0) is 25.6. The molecule has 10 heteroatoms. The van der Waals surface area contributed by atoms with Crippen LogP contribution in [0.1, 0.15) is 19.3 Å². The van der Waals surface area contributed by atoms with E-state index in [4.69, 9.17) is 18.9 Å². The van der Waals surface area contributed by atoms with Crippen LogP contribution >= 0.6 is 0 Å². The Morgan fingerprint density at radius 2 is 1.75 bits per heavy atom. The monoisotopic (exact) mass is 518 g/mol. The van der Waals surface area contributed by atoms with Gasteiger partial charge in [-0.2, -0.15) is 4.31 Å². The quantitative estimate of drug-likeness (QED) is 0.504. The molecule has 0 aliphatic carbocycles. The lowest BCUT2D eigenvalue weighted by Gasteiger charge is -2.42. The number of hydrogen-bond acceptors (Lipinski definition) is 7. The second-order valence-electron chi connectivity index (χ2n) is 9.23. The van der Waals surface area contributed by atoms with Crippen LogP contribution in [0.4, 0.5) is 0 Å². The minimum atomic E-state index is -3.92. The number of amides is 1. The molecule has 2 aliphatic rings. The van der Waals surface area contributed by atoms with Gasteiger partial charge in [0, 0.05) is 44.1 Å². The predicted molar refractivity (Wildman–Crippen MR) is 134 cm³/mol. The molecule has 2 aliphatic heterocycles. The molecular weight excluding hydrogens is 484 g/mol. The third-order valence-electron chi connectivity index (χ3n) is 6.79. The minimum Gasteiger partial charge on any atom is -0.497 e. The summed E-state index contributed by atoms with van der Waals surface area (Å²) in [6.07, 6.45) is 1.48. The lowest BCUT2D eigenvalue weighted by molar-refractivity contribution is -0.139. The average Bonchev–Trinajstić information content (AvgIpc) is 2.92. The van der Waals surface area contributed by atoms with Crippen molar-refractivity contribution in [2.75, 3.05) is 60.2 Å². The average molecular weight is 519 g/mol. The number of ether oxygens (including phenoxy) is 4. The van der Waals surface area contributed by atoms with Gasteiger partial charge in [0.05, 0.1) is 34.0 Å². The number of carbonyl (C=O) groups is 1. The Morgan fingerprint density at radius 3 is 2.44 bits per heavy atom. The van der Waals surface area contributed by atoms with E-state index >= 15 is 0 Å². The van der Waals surface area contributed by atoms with Crippen molar-refractivity contribution in [2.24, 2.45) is 5.41 Å². The maximum absolute atomic E-state index is 13.8. The molecule has 2 fully saturated rings. The van der Waals surface area contributed by atoms with E-state index in [1.54, 1.807) is 17.0 Å². The van der Waals surface area contributed by atoms with Crippen molar-refractivity contribution >= 4 is 15.9 Å². The van der Waals surface area contributed by atoms with Gasteiger partial charge in [0.1, 0.15) is 22.1 Å². The van der Waals surface area contributed by atoms with Gasteiger partial charge in [0.25, 0.3) is 0 Å². The maximum Gasteiger partial charge on any atom is 0.246 e. The fourth-order valence-corrected chi connectivity index (χ4v) is 6.57. The van der Waals surface area contributed by atoms with Gasteiger partial charge < -0.3 is 23.8 Å². The number of hydrogen-bond donors (Lipinski definition) is 0. The van der Waals surface area contributed by atoms with Gasteiger partial charge in [-0.15, -0.1) is 0 Å². The zero-order valence-electron chi connectivity index (χ0n) is 20.9. The number of benzene rings is 2. The topological polar surface area (TPSA) is 94.6 Å². The standard InChI is InChI=1S/C26H34N2O7S/c1-32-22-9-10-23(33-2)24(17-22)36(30,31)28-12-6-11-26(19-28,20-35-21-7-4-3-5-8-21)18-25(29)27-13-15-34-16-14-27/h3-5,7-10,17H,6,11-16,18-20H2,1-2H3/t26-/m0/s1. The minimum absolute atomic E-state index is 0.00632. The van der Waals surface area contributed by atoms with E-state index < -0.39 is 15.4 Å². The number of nitrogens with zero attached hydrogens (tertiary/aromatic N) is 2. The van der Waals surface area contributed by atoms with E-state index in [-0.39, 0.29) is 36.1 Å². The van der Waals surface area contributed by atoms with Gasteiger partial charge in [-0.25, -0.2) is 8.42 Å². The summed E-state index contributed by atoms with van der Waals surface area (Å²) in [4.78, 5) is 15.1. The van der Waals surface area contributed by atoms with Crippen molar-refractivity contribution in [1.82, 2.24) is 9.21 Å². The highest BCUT2D eigenvalue weighted by Crippen LogP contribution is 2.39. The number of piperidine rings is 1. The van der Waals surface area contributed by atoms with E-state index in [0.29, 0.717) is 57.2 Å². The smallest absolute Gasteiger partial charge is 0.246 e. The Kier molecular flexibility index (Phi) is 8.38. The van der Waals surface area contributed by atoms with Crippen LogP contribution in [0.2, 0.25) is 0 Å². The number of methoxy groups -OCH3 is 2. The van der Waals surface area contributed by atoms with Crippen LogP contribution in [0.3, 0.4) is 0 Å². The molecule has 1 atom stereocenters. The molecule has 0 radical (unpaired) electrons. The van der Waals surface area contributed by atoms with Crippen molar-refractivity contribution in [3.63, 3.8) is 0 Å². The summed E-state index contributed by atoms with van der Waals surface area (Å²) in [6, 6.07) is 14.1. The van der Waals surface area contributed by atoms with Crippen molar-refractivity contribution in [3.8, 4) is 17.2 Å². The Morgan fingerprint density at radius 1 is 1.00 bits per heavy atom. The molecule has 1 amide bonds. The summed E-state index contributed by atoms with van der Waals surface area (Å²) in [5, 5.41) is 0. The molecule has 196 valence electrons. The van der Waals surface area contributed by atoms with Gasteiger partial charge in [0.15, 0.2) is 0 Å². The van der Waals surface area contributed by atoms with Crippen molar-refractivity contribution in [3.05, 3.63) is 48.5 Å². The highest BCUT2D eigenvalue weighted by Gasteiger charge is 2.44. The summed E-state index contributed by atoms with van der Waals surface area (Å²) in [5.41, 5.74) is -0.678. The SMILES string of the molecule is COc1ccc(OC)c(S(=O)(=O)N2CCC[C@](COc3ccccc3)(CC(=O)N3CCOCC3)C2)c1. The fraction of sp³-hybridized carbons (Fsp3) is 0.500. The molecule has 0 spiro atoms. The first-order valence-electron chi connectivity index (χ1n) is 12.1. The Balaban J connectivity index is 1.62. The molecule has 0 saturated carbocycles. The molecule has 2 aromatic rings. The van der Waals surface area contributed by atoms with E-state index in [0.717, 1.165) is 0 Å². The van der Waals surface area contributed by atoms with Crippen molar-refractivity contribution < 1.29 is 32.2 Å². The Bertz CT molecular complexity index is 1140. The molecule has 2 heterocycles. The molecule has 36 heavy (non-hydrogen) atoms. The lowest BCUT2D eigenvalue weighted by Crippen LogP contribution is -2.51. The highest BCUT2D eigenvalue weighted by atomic mass is 32.2. The normalized spacial score (nSPS) is 21.1. The lowest BCUT2D eigenvalue weighted by atomic mass is 9.78. The second-order valence-corrected chi connectivity index (χ2v) is 11.1. The predicted octanol–water partition coefficient (Wildman–Crippen LogP) is 2.80. The van der Waals surface area contributed by atoms with Crippen LogP contribution in [0.25, 0.3) is 0 Å². The summed E-state index contributed by atoms with van der Waals surface area (Å²) < 4.78 is 51.2.